The van der Waals surface area contributed by atoms with Crippen LogP contribution in [0.15, 0.2) is 29.2 Å². The maximum absolute atomic E-state index is 11.1. The van der Waals surface area contributed by atoms with E-state index in [2.05, 4.69) is 13.8 Å². The van der Waals surface area contributed by atoms with Crippen LogP contribution in [0.1, 0.15) is 90.0 Å². The number of unbranched alkanes of at least 4 members (excludes halogenated alkanes) is 7. The van der Waals surface area contributed by atoms with Crippen molar-refractivity contribution >= 4 is 10.1 Å². The summed E-state index contributed by atoms with van der Waals surface area (Å²) in [7, 11) is -4.08. The fourth-order valence-corrected chi connectivity index (χ4v) is 3.80. The van der Waals surface area contributed by atoms with E-state index in [4.69, 9.17) is 4.55 Å². The van der Waals surface area contributed by atoms with E-state index >= 15 is 0 Å². The molecule has 1 aromatic rings. The third kappa shape index (κ3) is 10.0. The van der Waals surface area contributed by atoms with Crippen molar-refractivity contribution in [3.63, 3.8) is 0 Å². The molecule has 1 rings (SSSR count). The van der Waals surface area contributed by atoms with Crippen LogP contribution in [0.3, 0.4) is 0 Å². The molecule has 0 aliphatic rings. The Morgan fingerprint density at radius 2 is 1.40 bits per heavy atom. The number of benzene rings is 1. The van der Waals surface area contributed by atoms with Gasteiger partial charge in [0.2, 0.25) is 0 Å². The third-order valence-electron chi connectivity index (χ3n) is 5.11. The fourth-order valence-electron chi connectivity index (χ4n) is 3.32. The summed E-state index contributed by atoms with van der Waals surface area (Å²) in [6.07, 6.45) is 15.6. The van der Waals surface area contributed by atoms with Crippen molar-refractivity contribution in [1.29, 1.82) is 0 Å². The van der Waals surface area contributed by atoms with Gasteiger partial charge in [-0.1, -0.05) is 90.2 Å². The highest BCUT2D eigenvalue weighted by atomic mass is 32.2. The standard InChI is InChI=1S/C21H36O3S/c1-3-5-6-7-8-9-10-11-12-19(4-2)13-14-20-15-17-21(18-16-20)25(22,23)24/h15-19H,3-14H2,1-2H3,(H,22,23,24). The van der Waals surface area contributed by atoms with Gasteiger partial charge in [-0.2, -0.15) is 8.42 Å². The van der Waals surface area contributed by atoms with Crippen molar-refractivity contribution < 1.29 is 13.0 Å². The van der Waals surface area contributed by atoms with Gasteiger partial charge in [-0.25, -0.2) is 0 Å². The van der Waals surface area contributed by atoms with E-state index in [0.29, 0.717) is 0 Å². The number of rotatable bonds is 14. The molecular formula is C21H36O3S. The van der Waals surface area contributed by atoms with E-state index in [1.807, 2.05) is 12.1 Å². The Morgan fingerprint density at radius 1 is 0.840 bits per heavy atom. The largest absolute Gasteiger partial charge is 0.294 e. The Bertz CT molecular complexity index is 549. The zero-order valence-corrected chi connectivity index (χ0v) is 16.9. The zero-order chi connectivity index (χ0) is 18.5. The van der Waals surface area contributed by atoms with Gasteiger partial charge in [0.1, 0.15) is 0 Å². The van der Waals surface area contributed by atoms with Crippen molar-refractivity contribution in [2.75, 3.05) is 0 Å². The number of hydrogen-bond acceptors (Lipinski definition) is 2. The smallest absolute Gasteiger partial charge is 0.282 e. The Morgan fingerprint density at radius 3 is 1.92 bits per heavy atom. The van der Waals surface area contributed by atoms with E-state index < -0.39 is 10.1 Å². The van der Waals surface area contributed by atoms with Gasteiger partial charge in [-0.05, 0) is 36.5 Å². The van der Waals surface area contributed by atoms with Gasteiger partial charge in [0.05, 0.1) is 4.90 Å². The average Bonchev–Trinajstić information content (AvgIpc) is 2.59. The summed E-state index contributed by atoms with van der Waals surface area (Å²) in [6.45, 7) is 4.52. The molecule has 0 bridgehead atoms. The minimum absolute atomic E-state index is 0.0257. The Labute approximate surface area is 155 Å². The highest BCUT2D eigenvalue weighted by Crippen LogP contribution is 2.21. The first kappa shape index (κ1) is 22.2. The Hall–Kier alpha value is -0.870. The Balaban J connectivity index is 2.21. The summed E-state index contributed by atoms with van der Waals surface area (Å²) in [5.41, 5.74) is 1.14. The molecule has 1 aromatic carbocycles. The molecule has 0 spiro atoms. The second-order valence-electron chi connectivity index (χ2n) is 7.20. The SMILES string of the molecule is CCCCCCCCCCC(CC)CCc1ccc(S(=O)(=O)O)cc1. The molecule has 25 heavy (non-hydrogen) atoms. The molecule has 1 atom stereocenters. The van der Waals surface area contributed by atoms with Crippen molar-refractivity contribution in [2.45, 2.75) is 95.8 Å². The summed E-state index contributed by atoms with van der Waals surface area (Å²) >= 11 is 0. The van der Waals surface area contributed by atoms with Crippen molar-refractivity contribution in [3.05, 3.63) is 29.8 Å². The highest BCUT2D eigenvalue weighted by molar-refractivity contribution is 7.85. The molecule has 1 unspecified atom stereocenters. The molecular weight excluding hydrogens is 332 g/mol. The van der Waals surface area contributed by atoms with Crippen LogP contribution in [0.4, 0.5) is 0 Å². The predicted molar refractivity (Wildman–Crippen MR) is 106 cm³/mol. The van der Waals surface area contributed by atoms with Gasteiger partial charge >= 0.3 is 0 Å². The van der Waals surface area contributed by atoms with Crippen molar-refractivity contribution in [1.82, 2.24) is 0 Å². The number of aryl methyl sites for hydroxylation is 1. The molecule has 0 heterocycles. The molecule has 144 valence electrons. The topological polar surface area (TPSA) is 54.4 Å². The van der Waals surface area contributed by atoms with Crippen LogP contribution in [0.5, 0.6) is 0 Å². The third-order valence-corrected chi connectivity index (χ3v) is 5.97. The van der Waals surface area contributed by atoms with Crippen LogP contribution in [0.2, 0.25) is 0 Å². The first-order valence-electron chi connectivity index (χ1n) is 10.0. The highest BCUT2D eigenvalue weighted by Gasteiger charge is 2.10. The quantitative estimate of drug-likeness (QED) is 0.304. The van der Waals surface area contributed by atoms with Crippen molar-refractivity contribution in [3.8, 4) is 0 Å². The van der Waals surface area contributed by atoms with Gasteiger partial charge in [0, 0.05) is 0 Å². The van der Waals surface area contributed by atoms with Gasteiger partial charge < -0.3 is 0 Å². The monoisotopic (exact) mass is 368 g/mol. The molecule has 0 fully saturated rings. The van der Waals surface area contributed by atoms with E-state index in [9.17, 15) is 8.42 Å². The maximum atomic E-state index is 11.1. The molecule has 1 N–H and O–H groups in total. The van der Waals surface area contributed by atoms with Crippen LogP contribution >= 0.6 is 0 Å². The van der Waals surface area contributed by atoms with Gasteiger partial charge in [0.25, 0.3) is 10.1 Å². The lowest BCUT2D eigenvalue weighted by molar-refractivity contribution is 0.411. The first-order chi connectivity index (χ1) is 12.0. The van der Waals surface area contributed by atoms with E-state index in [-0.39, 0.29) is 4.90 Å². The number of hydrogen-bond donors (Lipinski definition) is 1. The predicted octanol–water partition coefficient (Wildman–Crippen LogP) is 6.42. The lowest BCUT2D eigenvalue weighted by Crippen LogP contribution is -2.02. The summed E-state index contributed by atoms with van der Waals surface area (Å²) in [5.74, 6) is 0.751. The molecule has 0 aromatic heterocycles. The molecule has 0 amide bonds. The second kappa shape index (κ2) is 12.5. The zero-order valence-electron chi connectivity index (χ0n) is 16.0. The van der Waals surface area contributed by atoms with Crippen LogP contribution in [-0.4, -0.2) is 13.0 Å². The van der Waals surface area contributed by atoms with Crippen LogP contribution in [0, 0.1) is 5.92 Å². The molecule has 4 heteroatoms. The van der Waals surface area contributed by atoms with Gasteiger partial charge in [0.15, 0.2) is 0 Å². The van der Waals surface area contributed by atoms with Gasteiger partial charge in [-0.3, -0.25) is 4.55 Å². The molecule has 0 radical (unpaired) electrons. The summed E-state index contributed by atoms with van der Waals surface area (Å²) in [4.78, 5) is -0.0257. The lowest BCUT2D eigenvalue weighted by atomic mass is 9.92. The van der Waals surface area contributed by atoms with E-state index in [1.54, 1.807) is 0 Å². The summed E-state index contributed by atoms with van der Waals surface area (Å²) < 4.78 is 31.1. The molecule has 3 nitrogen and oxygen atoms in total. The second-order valence-corrected chi connectivity index (χ2v) is 8.62. The Kier molecular flexibility index (Phi) is 11.1. The molecule has 0 aliphatic heterocycles. The summed E-state index contributed by atoms with van der Waals surface area (Å²) in [5, 5.41) is 0. The van der Waals surface area contributed by atoms with Crippen LogP contribution in [-0.2, 0) is 16.5 Å². The van der Waals surface area contributed by atoms with Crippen LogP contribution < -0.4 is 0 Å². The van der Waals surface area contributed by atoms with E-state index in [1.165, 1.54) is 76.3 Å². The maximum Gasteiger partial charge on any atom is 0.294 e. The van der Waals surface area contributed by atoms with Crippen LogP contribution in [0.25, 0.3) is 0 Å². The molecule has 0 aliphatic carbocycles. The fraction of sp³-hybridized carbons (Fsp3) is 0.714. The van der Waals surface area contributed by atoms with Crippen molar-refractivity contribution in [2.24, 2.45) is 5.92 Å². The average molecular weight is 369 g/mol. The van der Waals surface area contributed by atoms with E-state index in [0.717, 1.165) is 24.3 Å². The molecule has 0 saturated heterocycles. The minimum Gasteiger partial charge on any atom is -0.282 e. The van der Waals surface area contributed by atoms with Gasteiger partial charge in [-0.15, -0.1) is 0 Å². The lowest BCUT2D eigenvalue weighted by Gasteiger charge is -2.14. The normalized spacial score (nSPS) is 13.1. The first-order valence-corrected chi connectivity index (χ1v) is 11.5. The minimum atomic E-state index is -4.08. The summed E-state index contributed by atoms with van der Waals surface area (Å²) in [6, 6.07) is 6.60. The molecule has 0 saturated carbocycles.